The zero-order valence-electron chi connectivity index (χ0n) is 15.4. The largest absolute Gasteiger partial charge is 0.352 e. The van der Waals surface area contributed by atoms with Gasteiger partial charge >= 0.3 is 0 Å². The number of hydrogen-bond acceptors (Lipinski definition) is 3. The summed E-state index contributed by atoms with van der Waals surface area (Å²) in [5.74, 6) is 0.597. The molecule has 0 unspecified atom stereocenters. The number of aromatic nitrogens is 2. The van der Waals surface area contributed by atoms with E-state index in [-0.39, 0.29) is 11.4 Å². The molecule has 23 heavy (non-hydrogen) atoms. The smallest absolute Gasteiger partial charge is 0.254 e. The van der Waals surface area contributed by atoms with Gasteiger partial charge in [-0.1, -0.05) is 13.8 Å². The molecule has 0 bridgehead atoms. The highest BCUT2D eigenvalue weighted by atomic mass is 16.1. The topological polar surface area (TPSA) is 50.2 Å². The summed E-state index contributed by atoms with van der Waals surface area (Å²) >= 11 is 0. The minimum Gasteiger partial charge on any atom is -0.352 e. The van der Waals surface area contributed by atoms with E-state index < -0.39 is 0 Å². The highest BCUT2D eigenvalue weighted by Gasteiger charge is 2.25. The third-order valence-corrected chi connectivity index (χ3v) is 4.54. The van der Waals surface area contributed by atoms with Gasteiger partial charge in [-0.3, -0.25) is 9.48 Å². The van der Waals surface area contributed by atoms with Gasteiger partial charge in [0, 0.05) is 13.1 Å². The van der Waals surface area contributed by atoms with Crippen LogP contribution < -0.4 is 5.32 Å². The van der Waals surface area contributed by atoms with E-state index in [1.807, 2.05) is 4.68 Å². The Morgan fingerprint density at radius 2 is 2.13 bits per heavy atom. The first-order chi connectivity index (χ1) is 10.9. The van der Waals surface area contributed by atoms with Gasteiger partial charge in [-0.05, 0) is 59.0 Å². The van der Waals surface area contributed by atoms with E-state index in [9.17, 15) is 4.79 Å². The average Bonchev–Trinajstić information content (AvgIpc) is 3.10. The fourth-order valence-electron chi connectivity index (χ4n) is 3.41. The second-order valence-corrected chi connectivity index (χ2v) is 7.61. The summed E-state index contributed by atoms with van der Waals surface area (Å²) < 4.78 is 1.97. The van der Waals surface area contributed by atoms with Crippen molar-refractivity contribution >= 4 is 5.91 Å². The van der Waals surface area contributed by atoms with Gasteiger partial charge in [-0.25, -0.2) is 0 Å². The normalized spacial score (nSPS) is 19.3. The van der Waals surface area contributed by atoms with Gasteiger partial charge in [0.25, 0.3) is 5.91 Å². The summed E-state index contributed by atoms with van der Waals surface area (Å²) in [7, 11) is 0. The lowest BCUT2D eigenvalue weighted by Crippen LogP contribution is -2.32. The maximum Gasteiger partial charge on any atom is 0.254 e. The van der Waals surface area contributed by atoms with Crippen LogP contribution in [-0.2, 0) is 12.0 Å². The second-order valence-electron chi connectivity index (χ2n) is 7.61. The Hall–Kier alpha value is -1.36. The van der Waals surface area contributed by atoms with E-state index in [2.05, 4.69) is 49.9 Å². The quantitative estimate of drug-likeness (QED) is 0.877. The number of likely N-dealkylation sites (tertiary alicyclic amines) is 1. The van der Waals surface area contributed by atoms with Crippen molar-refractivity contribution in [2.75, 3.05) is 26.2 Å². The Balaban J connectivity index is 1.95. The van der Waals surface area contributed by atoms with Crippen molar-refractivity contribution in [1.29, 1.82) is 0 Å². The molecule has 0 saturated carbocycles. The molecular formula is C18H32N4O. The van der Waals surface area contributed by atoms with Crippen molar-refractivity contribution in [3.8, 4) is 0 Å². The van der Waals surface area contributed by atoms with Crippen molar-refractivity contribution in [3.05, 3.63) is 17.5 Å². The molecule has 0 spiro atoms. The first-order valence-corrected chi connectivity index (χ1v) is 8.94. The van der Waals surface area contributed by atoms with Crippen LogP contribution in [0.5, 0.6) is 0 Å². The van der Waals surface area contributed by atoms with Crippen LogP contribution in [0.4, 0.5) is 0 Å². The van der Waals surface area contributed by atoms with Crippen LogP contribution in [0.2, 0.25) is 0 Å². The third kappa shape index (κ3) is 4.34. The lowest BCUT2D eigenvalue weighted by Gasteiger charge is -2.22. The van der Waals surface area contributed by atoms with Gasteiger partial charge < -0.3 is 10.2 Å². The molecule has 1 fully saturated rings. The van der Waals surface area contributed by atoms with Crippen LogP contribution in [0.3, 0.4) is 0 Å². The fourth-order valence-corrected chi connectivity index (χ4v) is 3.41. The minimum atomic E-state index is -0.101. The molecule has 1 aliphatic heterocycles. The SMILES string of the molecule is CCCN1CC[C@H](CNC(=O)c2cnn(C(C)(C)C)c2CC)C1. The summed E-state index contributed by atoms with van der Waals surface area (Å²) in [6.07, 6.45) is 4.91. The van der Waals surface area contributed by atoms with E-state index in [0.29, 0.717) is 5.92 Å². The first kappa shape index (κ1) is 18.0. The molecule has 1 aromatic rings. The van der Waals surface area contributed by atoms with Gasteiger partial charge in [0.2, 0.25) is 0 Å². The van der Waals surface area contributed by atoms with Crippen LogP contribution in [0, 0.1) is 5.92 Å². The van der Waals surface area contributed by atoms with E-state index in [0.717, 1.165) is 37.3 Å². The maximum absolute atomic E-state index is 12.6. The standard InChI is InChI=1S/C18H32N4O/c1-6-9-21-10-8-14(13-21)11-19-17(23)15-12-20-22(16(15)7-2)18(3,4)5/h12,14H,6-11,13H2,1-5H3,(H,19,23)/t14-/m1/s1. The molecule has 1 atom stereocenters. The third-order valence-electron chi connectivity index (χ3n) is 4.54. The van der Waals surface area contributed by atoms with Gasteiger partial charge in [0.1, 0.15) is 0 Å². The molecule has 1 saturated heterocycles. The molecule has 0 radical (unpaired) electrons. The van der Waals surface area contributed by atoms with E-state index in [4.69, 9.17) is 0 Å². The highest BCUT2D eigenvalue weighted by Crippen LogP contribution is 2.20. The number of carbonyl (C=O) groups excluding carboxylic acids is 1. The van der Waals surface area contributed by atoms with E-state index in [1.54, 1.807) is 6.20 Å². The Bertz CT molecular complexity index is 530. The second kappa shape index (κ2) is 7.47. The molecule has 5 heteroatoms. The van der Waals surface area contributed by atoms with Crippen molar-refractivity contribution in [2.24, 2.45) is 5.92 Å². The number of hydrogen-bond donors (Lipinski definition) is 1. The molecule has 130 valence electrons. The van der Waals surface area contributed by atoms with Crippen LogP contribution in [0.1, 0.15) is 63.5 Å². The number of amides is 1. The Morgan fingerprint density at radius 3 is 2.74 bits per heavy atom. The molecule has 2 heterocycles. The summed E-state index contributed by atoms with van der Waals surface area (Å²) in [6.45, 7) is 14.8. The van der Waals surface area contributed by atoms with Crippen LogP contribution in [-0.4, -0.2) is 46.8 Å². The zero-order valence-corrected chi connectivity index (χ0v) is 15.4. The predicted molar refractivity (Wildman–Crippen MR) is 93.8 cm³/mol. The Labute approximate surface area is 140 Å². The van der Waals surface area contributed by atoms with Gasteiger partial charge in [0.05, 0.1) is 23.0 Å². The first-order valence-electron chi connectivity index (χ1n) is 8.94. The van der Waals surface area contributed by atoms with E-state index >= 15 is 0 Å². The van der Waals surface area contributed by atoms with Crippen LogP contribution >= 0.6 is 0 Å². The predicted octanol–water partition coefficient (Wildman–Crippen LogP) is 2.66. The van der Waals surface area contributed by atoms with Crippen molar-refractivity contribution < 1.29 is 4.79 Å². The highest BCUT2D eigenvalue weighted by molar-refractivity contribution is 5.95. The zero-order chi connectivity index (χ0) is 17.0. The molecule has 1 aromatic heterocycles. The molecule has 1 amide bonds. The Kier molecular flexibility index (Phi) is 5.84. The van der Waals surface area contributed by atoms with Crippen LogP contribution in [0.15, 0.2) is 6.20 Å². The van der Waals surface area contributed by atoms with Crippen LogP contribution in [0.25, 0.3) is 0 Å². The number of carbonyl (C=O) groups is 1. The van der Waals surface area contributed by atoms with Gasteiger partial charge in [0.15, 0.2) is 0 Å². The van der Waals surface area contributed by atoms with Crippen molar-refractivity contribution in [3.63, 3.8) is 0 Å². The molecule has 0 aliphatic carbocycles. The lowest BCUT2D eigenvalue weighted by molar-refractivity contribution is 0.0946. The van der Waals surface area contributed by atoms with Crippen molar-refractivity contribution in [1.82, 2.24) is 20.0 Å². The molecule has 2 rings (SSSR count). The molecular weight excluding hydrogens is 288 g/mol. The summed E-state index contributed by atoms with van der Waals surface area (Å²) in [5.41, 5.74) is 1.65. The fraction of sp³-hybridized carbons (Fsp3) is 0.778. The molecule has 0 aromatic carbocycles. The Morgan fingerprint density at radius 1 is 1.39 bits per heavy atom. The summed E-state index contributed by atoms with van der Waals surface area (Å²) in [5, 5.41) is 7.57. The average molecular weight is 320 g/mol. The summed E-state index contributed by atoms with van der Waals surface area (Å²) in [6, 6.07) is 0. The maximum atomic E-state index is 12.6. The van der Waals surface area contributed by atoms with Gasteiger partial charge in [-0.2, -0.15) is 5.10 Å². The monoisotopic (exact) mass is 320 g/mol. The number of nitrogens with zero attached hydrogens (tertiary/aromatic N) is 3. The summed E-state index contributed by atoms with van der Waals surface area (Å²) in [4.78, 5) is 15.0. The lowest BCUT2D eigenvalue weighted by atomic mass is 10.1. The van der Waals surface area contributed by atoms with E-state index in [1.165, 1.54) is 19.4 Å². The van der Waals surface area contributed by atoms with Crippen molar-refractivity contribution in [2.45, 2.75) is 59.4 Å². The number of nitrogens with one attached hydrogen (secondary N) is 1. The molecule has 5 nitrogen and oxygen atoms in total. The molecule has 1 N–H and O–H groups in total. The minimum absolute atomic E-state index is 0.0197. The van der Waals surface area contributed by atoms with Gasteiger partial charge in [-0.15, -0.1) is 0 Å². The number of rotatable bonds is 6. The molecule has 1 aliphatic rings.